The predicted molar refractivity (Wildman–Crippen MR) is 83.2 cm³/mol. The van der Waals surface area contributed by atoms with E-state index in [0.717, 1.165) is 21.3 Å². The van der Waals surface area contributed by atoms with E-state index in [4.69, 9.17) is 5.73 Å². The number of carbonyl (C=O) groups is 1. The van der Waals surface area contributed by atoms with Crippen LogP contribution < -0.4 is 11.1 Å². The maximum atomic E-state index is 12.1. The minimum atomic E-state index is -0.151. The van der Waals surface area contributed by atoms with Crippen molar-refractivity contribution < 1.29 is 4.79 Å². The predicted octanol–water partition coefficient (Wildman–Crippen LogP) is 2.03. The molecule has 0 aromatic carbocycles. The van der Waals surface area contributed by atoms with Gasteiger partial charge in [0, 0.05) is 30.9 Å². The lowest BCUT2D eigenvalue weighted by atomic mass is 10.0. The van der Waals surface area contributed by atoms with Gasteiger partial charge in [-0.2, -0.15) is 0 Å². The van der Waals surface area contributed by atoms with Crippen molar-refractivity contribution in [1.29, 1.82) is 0 Å². The summed E-state index contributed by atoms with van der Waals surface area (Å²) >= 11 is 6.89. The minimum absolute atomic E-state index is 0.151. The van der Waals surface area contributed by atoms with E-state index >= 15 is 0 Å². The Labute approximate surface area is 131 Å². The number of aryl methyl sites for hydroxylation is 1. The van der Waals surface area contributed by atoms with Gasteiger partial charge in [-0.25, -0.2) is 4.98 Å². The molecule has 3 heterocycles. The molecule has 2 aromatic heterocycles. The molecule has 0 aliphatic carbocycles. The molecule has 3 rings (SSSR count). The Kier molecular flexibility index (Phi) is 3.21. The van der Waals surface area contributed by atoms with Crippen LogP contribution in [-0.4, -0.2) is 27.0 Å². The van der Waals surface area contributed by atoms with Crippen LogP contribution in [0.5, 0.6) is 0 Å². The van der Waals surface area contributed by atoms with E-state index in [1.165, 1.54) is 0 Å². The Morgan fingerprint density at radius 1 is 1.45 bits per heavy atom. The number of H-pyrrole nitrogens is 1. The van der Waals surface area contributed by atoms with Gasteiger partial charge in [-0.05, 0) is 31.9 Å². The fourth-order valence-electron chi connectivity index (χ4n) is 2.15. The Morgan fingerprint density at radius 2 is 2.20 bits per heavy atom. The van der Waals surface area contributed by atoms with Gasteiger partial charge >= 0.3 is 0 Å². The van der Waals surface area contributed by atoms with Gasteiger partial charge in [0.2, 0.25) is 0 Å². The van der Waals surface area contributed by atoms with E-state index in [2.05, 4.69) is 47.1 Å². The number of anilines is 1. The van der Waals surface area contributed by atoms with Crippen LogP contribution in [0.1, 0.15) is 21.7 Å². The summed E-state index contributed by atoms with van der Waals surface area (Å²) in [4.78, 5) is 19.4. The number of amides is 1. The van der Waals surface area contributed by atoms with E-state index < -0.39 is 0 Å². The van der Waals surface area contributed by atoms with Crippen LogP contribution in [0.4, 0.5) is 5.95 Å². The molecule has 0 atom stereocenters. The summed E-state index contributed by atoms with van der Waals surface area (Å²) < 4.78 is 3.25. The molecule has 0 bridgehead atoms. The molecule has 104 valence electrons. The molecule has 0 saturated carbocycles. The van der Waals surface area contributed by atoms with Gasteiger partial charge in [-0.3, -0.25) is 4.79 Å². The van der Waals surface area contributed by atoms with Crippen molar-refractivity contribution in [3.63, 3.8) is 0 Å². The van der Waals surface area contributed by atoms with Crippen molar-refractivity contribution in [3.05, 3.63) is 38.3 Å². The third-order valence-electron chi connectivity index (χ3n) is 3.15. The van der Waals surface area contributed by atoms with Crippen molar-refractivity contribution in [3.8, 4) is 0 Å². The molecule has 1 aliphatic rings. The summed E-state index contributed by atoms with van der Waals surface area (Å²) in [5.41, 5.74) is 8.66. The topological polar surface area (TPSA) is 88.7 Å². The largest absolute Gasteiger partial charge is 0.369 e. The van der Waals surface area contributed by atoms with Gasteiger partial charge in [-0.15, -0.1) is 0 Å². The summed E-state index contributed by atoms with van der Waals surface area (Å²) in [6, 6.07) is 0. The number of hydrogen-bond acceptors (Lipinski definition) is 3. The average molecular weight is 401 g/mol. The molecular formula is C12H11Br2N5O. The monoisotopic (exact) mass is 399 g/mol. The van der Waals surface area contributed by atoms with Crippen LogP contribution in [0, 0.1) is 0 Å². The quantitative estimate of drug-likeness (QED) is 0.684. The van der Waals surface area contributed by atoms with Crippen molar-refractivity contribution in [2.45, 2.75) is 0 Å². The lowest BCUT2D eigenvalue weighted by Gasteiger charge is -2.03. The van der Waals surface area contributed by atoms with Gasteiger partial charge in [0.05, 0.1) is 14.8 Å². The number of halogens is 2. The normalized spacial score (nSPS) is 14.6. The molecule has 0 radical (unpaired) electrons. The molecule has 20 heavy (non-hydrogen) atoms. The molecule has 1 amide bonds. The molecule has 0 spiro atoms. The molecule has 6 nitrogen and oxygen atoms in total. The molecular weight excluding hydrogens is 390 g/mol. The average Bonchev–Trinajstić information content (AvgIpc) is 2.82. The summed E-state index contributed by atoms with van der Waals surface area (Å²) in [6.45, 7) is 0.442. The number of fused-ring (bicyclic) bond motifs is 1. The van der Waals surface area contributed by atoms with Crippen LogP contribution in [-0.2, 0) is 7.05 Å². The Hall–Kier alpha value is -1.54. The van der Waals surface area contributed by atoms with E-state index in [-0.39, 0.29) is 5.91 Å². The van der Waals surface area contributed by atoms with Crippen molar-refractivity contribution in [2.24, 2.45) is 7.05 Å². The third-order valence-corrected chi connectivity index (χ3v) is 5.07. The molecule has 0 fully saturated rings. The minimum Gasteiger partial charge on any atom is -0.369 e. The first-order valence-electron chi connectivity index (χ1n) is 5.84. The smallest absolute Gasteiger partial charge is 0.268 e. The summed E-state index contributed by atoms with van der Waals surface area (Å²) in [6.07, 6.45) is 3.77. The molecule has 1 aliphatic heterocycles. The van der Waals surface area contributed by atoms with Gasteiger partial charge in [-0.1, -0.05) is 6.08 Å². The second-order valence-electron chi connectivity index (χ2n) is 4.43. The van der Waals surface area contributed by atoms with E-state index in [1.54, 1.807) is 4.57 Å². The Balaban J connectivity index is 2.24. The fourth-order valence-corrected chi connectivity index (χ4v) is 3.06. The van der Waals surface area contributed by atoms with Crippen LogP contribution in [0.3, 0.4) is 0 Å². The molecule has 4 N–H and O–H groups in total. The highest BCUT2D eigenvalue weighted by molar-refractivity contribution is 9.13. The Morgan fingerprint density at radius 3 is 2.85 bits per heavy atom. The van der Waals surface area contributed by atoms with Crippen LogP contribution in [0.2, 0.25) is 0 Å². The van der Waals surface area contributed by atoms with Crippen molar-refractivity contribution >= 4 is 49.3 Å². The Bertz CT molecular complexity index is 724. The second-order valence-corrected chi connectivity index (χ2v) is 6.01. The number of nitrogen functional groups attached to an aromatic ring is 1. The standard InChI is InChI=1S/C12H11Br2N5O/c1-19-4-6(17-12(19)15)5-2-3-16-11(20)9-7(5)8(13)10(14)18-9/h2,4,18H,3H2,1H3,(H2,15,17)(H,16,20). The third kappa shape index (κ3) is 1.99. The van der Waals surface area contributed by atoms with Gasteiger partial charge in [0.15, 0.2) is 5.95 Å². The summed E-state index contributed by atoms with van der Waals surface area (Å²) in [5.74, 6) is 0.276. The van der Waals surface area contributed by atoms with Gasteiger partial charge in [0.1, 0.15) is 5.69 Å². The molecule has 0 saturated heterocycles. The molecule has 0 unspecified atom stereocenters. The first-order valence-corrected chi connectivity index (χ1v) is 7.42. The lowest BCUT2D eigenvalue weighted by Crippen LogP contribution is -2.22. The van der Waals surface area contributed by atoms with Gasteiger partial charge < -0.3 is 20.6 Å². The van der Waals surface area contributed by atoms with Gasteiger partial charge in [0.25, 0.3) is 5.91 Å². The van der Waals surface area contributed by atoms with Crippen molar-refractivity contribution in [1.82, 2.24) is 19.9 Å². The van der Waals surface area contributed by atoms with Crippen molar-refractivity contribution in [2.75, 3.05) is 12.3 Å². The zero-order valence-corrected chi connectivity index (χ0v) is 13.7. The number of aromatic amines is 1. The number of carbonyl (C=O) groups excluding carboxylic acids is 1. The van der Waals surface area contributed by atoms with E-state index in [1.807, 2.05) is 19.3 Å². The highest BCUT2D eigenvalue weighted by Crippen LogP contribution is 2.37. The van der Waals surface area contributed by atoms with Crippen LogP contribution in [0.25, 0.3) is 5.57 Å². The summed E-state index contributed by atoms with van der Waals surface area (Å²) in [5, 5.41) is 2.81. The fraction of sp³-hybridized carbons (Fsp3) is 0.167. The molecule has 2 aromatic rings. The number of aromatic nitrogens is 3. The first-order chi connectivity index (χ1) is 9.49. The second kappa shape index (κ2) is 4.78. The number of nitrogens with zero attached hydrogens (tertiary/aromatic N) is 2. The maximum absolute atomic E-state index is 12.1. The van der Waals surface area contributed by atoms with E-state index in [9.17, 15) is 4.79 Å². The highest BCUT2D eigenvalue weighted by Gasteiger charge is 2.26. The lowest BCUT2D eigenvalue weighted by molar-refractivity contribution is 0.0954. The number of nitrogens with one attached hydrogen (secondary N) is 2. The summed E-state index contributed by atoms with van der Waals surface area (Å²) in [7, 11) is 1.83. The maximum Gasteiger partial charge on any atom is 0.268 e. The number of nitrogens with two attached hydrogens (primary N) is 1. The first kappa shape index (κ1) is 13.4. The highest BCUT2D eigenvalue weighted by atomic mass is 79.9. The number of imidazole rings is 1. The zero-order chi connectivity index (χ0) is 14.4. The van der Waals surface area contributed by atoms with Crippen LogP contribution >= 0.6 is 31.9 Å². The number of rotatable bonds is 1. The molecule has 8 heteroatoms. The SMILES string of the molecule is Cn1cc(C2=CCNC(=O)c3[nH]c(Br)c(Br)c32)nc1N. The zero-order valence-electron chi connectivity index (χ0n) is 10.5. The number of hydrogen-bond donors (Lipinski definition) is 3. The van der Waals surface area contributed by atoms with Crippen LogP contribution in [0.15, 0.2) is 21.3 Å². The van der Waals surface area contributed by atoms with E-state index in [0.29, 0.717) is 22.8 Å².